The standard InChI is InChI=1S/C19H37Cl3Si/c1-2-3-4-5-6-7-8-9-10-11-12-13-14-15-16-17-18-19-23(20,21)22/h11-12H,2-10,13-19H2,1H3. The SMILES string of the molecule is CCCCCCCCCCC=CCCCCCCC[Si](Cl)(Cl)Cl. The lowest BCUT2D eigenvalue weighted by atomic mass is 10.1. The molecule has 138 valence electrons. The van der Waals surface area contributed by atoms with Crippen LogP contribution in [0.5, 0.6) is 0 Å². The summed E-state index contributed by atoms with van der Waals surface area (Å²) in [5.41, 5.74) is 0. The van der Waals surface area contributed by atoms with Gasteiger partial charge in [0.15, 0.2) is 0 Å². The predicted octanol–water partition coefficient (Wildman–Crippen LogP) is 9.07. The van der Waals surface area contributed by atoms with Crippen LogP contribution in [-0.2, 0) is 0 Å². The van der Waals surface area contributed by atoms with E-state index < -0.39 is 6.00 Å². The van der Waals surface area contributed by atoms with E-state index in [0.29, 0.717) is 0 Å². The van der Waals surface area contributed by atoms with Gasteiger partial charge in [-0.1, -0.05) is 89.7 Å². The minimum Gasteiger partial charge on any atom is -0.126 e. The van der Waals surface area contributed by atoms with Crippen molar-refractivity contribution in [3.8, 4) is 0 Å². The topological polar surface area (TPSA) is 0 Å². The molecular weight excluding hydrogens is 363 g/mol. The van der Waals surface area contributed by atoms with Gasteiger partial charge in [-0.05, 0) is 31.7 Å². The van der Waals surface area contributed by atoms with Crippen LogP contribution < -0.4 is 0 Å². The maximum absolute atomic E-state index is 5.86. The third-order valence-corrected chi connectivity index (χ3v) is 6.84. The van der Waals surface area contributed by atoms with Gasteiger partial charge < -0.3 is 0 Å². The second-order valence-electron chi connectivity index (χ2n) is 6.66. The lowest BCUT2D eigenvalue weighted by molar-refractivity contribution is 0.577. The maximum Gasteiger partial charge on any atom is 0.341 e. The van der Waals surface area contributed by atoms with E-state index in [-0.39, 0.29) is 0 Å². The van der Waals surface area contributed by atoms with Crippen molar-refractivity contribution in [2.24, 2.45) is 0 Å². The third-order valence-electron chi connectivity index (χ3n) is 4.22. The highest BCUT2D eigenvalue weighted by molar-refractivity contribution is 7.64. The lowest BCUT2D eigenvalue weighted by Crippen LogP contribution is -2.07. The van der Waals surface area contributed by atoms with Gasteiger partial charge in [0.1, 0.15) is 0 Å². The molecule has 4 heteroatoms. The Balaban J connectivity index is 3.12. The number of hydrogen-bond donors (Lipinski definition) is 0. The van der Waals surface area contributed by atoms with Crippen LogP contribution in [0.3, 0.4) is 0 Å². The molecule has 0 amide bonds. The van der Waals surface area contributed by atoms with Gasteiger partial charge in [-0.15, -0.1) is 33.2 Å². The second kappa shape index (κ2) is 17.6. The second-order valence-corrected chi connectivity index (χ2v) is 15.9. The highest BCUT2D eigenvalue weighted by Crippen LogP contribution is 2.27. The predicted molar refractivity (Wildman–Crippen MR) is 112 cm³/mol. The van der Waals surface area contributed by atoms with Gasteiger partial charge in [-0.2, -0.15) is 0 Å². The van der Waals surface area contributed by atoms with Crippen molar-refractivity contribution in [3.05, 3.63) is 12.2 Å². The summed E-state index contributed by atoms with van der Waals surface area (Å²) in [4.78, 5) is 0. The molecule has 0 saturated heterocycles. The molecule has 0 fully saturated rings. The number of rotatable bonds is 17. The van der Waals surface area contributed by atoms with E-state index >= 15 is 0 Å². The molecule has 0 heterocycles. The highest BCUT2D eigenvalue weighted by atomic mass is 35.8. The van der Waals surface area contributed by atoms with E-state index in [1.54, 1.807) is 0 Å². The smallest absolute Gasteiger partial charge is 0.126 e. The molecule has 0 N–H and O–H groups in total. The molecular formula is C19H37Cl3Si. The van der Waals surface area contributed by atoms with Crippen molar-refractivity contribution in [2.45, 2.75) is 109 Å². The molecule has 0 aromatic rings. The van der Waals surface area contributed by atoms with Crippen LogP contribution in [0.1, 0.15) is 103 Å². The van der Waals surface area contributed by atoms with Gasteiger partial charge in [0.05, 0.1) is 0 Å². The molecule has 0 aliphatic carbocycles. The Morgan fingerprint density at radius 3 is 1.39 bits per heavy atom. The Kier molecular flexibility index (Phi) is 18.3. The maximum atomic E-state index is 5.86. The molecule has 0 aromatic carbocycles. The molecule has 0 atom stereocenters. The van der Waals surface area contributed by atoms with Crippen molar-refractivity contribution in [1.29, 1.82) is 0 Å². The summed E-state index contributed by atoms with van der Waals surface area (Å²) in [6.07, 6.45) is 24.7. The van der Waals surface area contributed by atoms with Crippen LogP contribution in [0.25, 0.3) is 0 Å². The number of hydrogen-bond acceptors (Lipinski definition) is 0. The monoisotopic (exact) mass is 398 g/mol. The van der Waals surface area contributed by atoms with Crippen LogP contribution in [-0.4, -0.2) is 6.00 Å². The zero-order chi connectivity index (χ0) is 17.2. The summed E-state index contributed by atoms with van der Waals surface area (Å²) in [6, 6.07) is -1.55. The zero-order valence-corrected chi connectivity index (χ0v) is 18.4. The number of halogens is 3. The van der Waals surface area contributed by atoms with Crippen LogP contribution in [0.4, 0.5) is 0 Å². The van der Waals surface area contributed by atoms with Gasteiger partial charge in [-0.25, -0.2) is 0 Å². The fourth-order valence-corrected chi connectivity index (χ4v) is 4.60. The van der Waals surface area contributed by atoms with E-state index in [1.165, 1.54) is 89.9 Å². The van der Waals surface area contributed by atoms with Crippen LogP contribution in [0, 0.1) is 0 Å². The van der Waals surface area contributed by atoms with Crippen molar-refractivity contribution in [1.82, 2.24) is 0 Å². The Morgan fingerprint density at radius 1 is 0.565 bits per heavy atom. The summed E-state index contributed by atoms with van der Waals surface area (Å²) in [7, 11) is 0. The van der Waals surface area contributed by atoms with Crippen molar-refractivity contribution in [3.63, 3.8) is 0 Å². The van der Waals surface area contributed by atoms with Crippen molar-refractivity contribution < 1.29 is 0 Å². The van der Waals surface area contributed by atoms with Gasteiger partial charge >= 0.3 is 6.00 Å². The lowest BCUT2D eigenvalue weighted by Gasteiger charge is -2.06. The Labute approximate surface area is 160 Å². The third kappa shape index (κ3) is 22.8. The average Bonchev–Trinajstić information content (AvgIpc) is 2.49. The first-order valence-electron chi connectivity index (χ1n) is 9.78. The van der Waals surface area contributed by atoms with E-state index in [2.05, 4.69) is 19.1 Å². The largest absolute Gasteiger partial charge is 0.341 e. The Bertz CT molecular complexity index is 262. The first kappa shape index (κ1) is 23.8. The molecule has 0 aliphatic rings. The zero-order valence-electron chi connectivity index (χ0n) is 15.1. The molecule has 0 nitrogen and oxygen atoms in total. The van der Waals surface area contributed by atoms with E-state index in [1.807, 2.05) is 0 Å². The van der Waals surface area contributed by atoms with Gasteiger partial charge in [0.25, 0.3) is 0 Å². The minimum absolute atomic E-state index is 0.816. The van der Waals surface area contributed by atoms with Crippen LogP contribution in [0.2, 0.25) is 6.04 Å². The Hall–Kier alpha value is 0.827. The minimum atomic E-state index is -2.36. The summed E-state index contributed by atoms with van der Waals surface area (Å²) in [5.74, 6) is 0. The molecule has 0 aliphatic heterocycles. The molecule has 0 spiro atoms. The molecule has 0 radical (unpaired) electrons. The molecule has 23 heavy (non-hydrogen) atoms. The molecule has 0 saturated carbocycles. The number of allylic oxidation sites excluding steroid dienone is 2. The van der Waals surface area contributed by atoms with E-state index in [0.717, 1.165) is 12.5 Å². The molecule has 0 aromatic heterocycles. The van der Waals surface area contributed by atoms with Crippen LogP contribution in [0.15, 0.2) is 12.2 Å². The summed E-state index contributed by atoms with van der Waals surface area (Å²) in [5, 5.41) is 0. The molecule has 0 unspecified atom stereocenters. The van der Waals surface area contributed by atoms with Crippen molar-refractivity contribution >= 4 is 39.2 Å². The highest BCUT2D eigenvalue weighted by Gasteiger charge is 2.23. The van der Waals surface area contributed by atoms with Gasteiger partial charge in [-0.3, -0.25) is 0 Å². The van der Waals surface area contributed by atoms with Gasteiger partial charge in [0.2, 0.25) is 0 Å². The quantitative estimate of drug-likeness (QED) is 0.0989. The van der Waals surface area contributed by atoms with Crippen molar-refractivity contribution in [2.75, 3.05) is 0 Å². The number of unbranched alkanes of at least 4 members (excludes halogenated alkanes) is 13. The van der Waals surface area contributed by atoms with Gasteiger partial charge in [0, 0.05) is 0 Å². The first-order chi connectivity index (χ1) is 11.1. The van der Waals surface area contributed by atoms with E-state index in [9.17, 15) is 0 Å². The van der Waals surface area contributed by atoms with E-state index in [4.69, 9.17) is 33.2 Å². The first-order valence-corrected chi connectivity index (χ1v) is 15.0. The molecule has 0 bridgehead atoms. The fourth-order valence-electron chi connectivity index (χ4n) is 2.75. The normalized spacial score (nSPS) is 12.3. The Morgan fingerprint density at radius 2 is 0.957 bits per heavy atom. The average molecular weight is 400 g/mol. The summed E-state index contributed by atoms with van der Waals surface area (Å²) >= 11 is 17.6. The van der Waals surface area contributed by atoms with Crippen LogP contribution >= 0.6 is 33.2 Å². The summed E-state index contributed by atoms with van der Waals surface area (Å²) < 4.78 is 0. The fraction of sp³-hybridized carbons (Fsp3) is 0.895. The molecule has 0 rings (SSSR count). The summed E-state index contributed by atoms with van der Waals surface area (Å²) in [6.45, 7) is 2.28.